The molecule has 0 amide bonds. The first-order valence-corrected chi connectivity index (χ1v) is 13.2. The summed E-state index contributed by atoms with van der Waals surface area (Å²) in [6.07, 6.45) is 2.94. The molecule has 0 bridgehead atoms. The topological polar surface area (TPSA) is 64.6 Å². The molecule has 10 heteroatoms. The highest BCUT2D eigenvalue weighted by Gasteiger charge is 2.28. The van der Waals surface area contributed by atoms with Gasteiger partial charge in [0.1, 0.15) is 17.3 Å². The third kappa shape index (κ3) is 5.56. The van der Waals surface area contributed by atoms with Gasteiger partial charge >= 0.3 is 0 Å². The molecule has 7 nitrogen and oxygen atoms in total. The Hall–Kier alpha value is -3.66. The van der Waals surface area contributed by atoms with Gasteiger partial charge in [-0.3, -0.25) is 4.79 Å². The number of carbonyl (C=O) groups is 1. The molecule has 1 aromatic heterocycles. The molecule has 3 heterocycles. The van der Waals surface area contributed by atoms with E-state index in [4.69, 9.17) is 0 Å². The normalized spacial score (nSPS) is 16.3. The summed E-state index contributed by atoms with van der Waals surface area (Å²) in [6, 6.07) is 8.13. The summed E-state index contributed by atoms with van der Waals surface area (Å²) >= 11 is 0. The Kier molecular flexibility index (Phi) is 7.48. The number of nitrogens with zero attached hydrogens (tertiary/aromatic N) is 5. The van der Waals surface area contributed by atoms with Crippen molar-refractivity contribution in [2.45, 2.75) is 45.2 Å². The molecule has 2 aromatic carbocycles. The van der Waals surface area contributed by atoms with E-state index < -0.39 is 11.6 Å². The molecule has 0 radical (unpaired) electrons. The van der Waals surface area contributed by atoms with Gasteiger partial charge in [0.15, 0.2) is 11.6 Å². The van der Waals surface area contributed by atoms with Crippen molar-refractivity contribution < 1.29 is 18.0 Å². The molecule has 39 heavy (non-hydrogen) atoms. The van der Waals surface area contributed by atoms with Gasteiger partial charge < -0.3 is 20.0 Å². The smallest absolute Gasteiger partial charge is 0.227 e. The number of halogens is 3. The number of fused-ring (bicyclic) bond motifs is 1. The minimum absolute atomic E-state index is 0.00104. The molecule has 0 aliphatic carbocycles. The minimum atomic E-state index is -0.717. The van der Waals surface area contributed by atoms with E-state index in [0.29, 0.717) is 28.7 Å². The lowest BCUT2D eigenvalue weighted by Crippen LogP contribution is -2.42. The highest BCUT2D eigenvalue weighted by atomic mass is 19.1. The summed E-state index contributed by atoms with van der Waals surface area (Å²) in [5.74, 6) is -1.68. The molecule has 3 aromatic rings. The Morgan fingerprint density at radius 1 is 1.00 bits per heavy atom. The van der Waals surface area contributed by atoms with Crippen LogP contribution in [0.3, 0.4) is 0 Å². The second kappa shape index (κ2) is 10.8. The molecule has 206 valence electrons. The Morgan fingerprint density at radius 3 is 2.41 bits per heavy atom. The predicted molar refractivity (Wildman–Crippen MR) is 147 cm³/mol. The second-order valence-corrected chi connectivity index (χ2v) is 10.8. The van der Waals surface area contributed by atoms with E-state index in [-0.39, 0.29) is 47.8 Å². The Bertz CT molecular complexity index is 1390. The van der Waals surface area contributed by atoms with Crippen molar-refractivity contribution in [1.29, 1.82) is 0 Å². The van der Waals surface area contributed by atoms with E-state index in [0.717, 1.165) is 32.1 Å². The number of hydrogen-bond acceptors (Lipinski definition) is 7. The van der Waals surface area contributed by atoms with E-state index >= 15 is 8.78 Å². The fraction of sp³-hybridized carbons (Fsp3) is 0.414. The van der Waals surface area contributed by atoms with Gasteiger partial charge in [0.2, 0.25) is 5.95 Å². The summed E-state index contributed by atoms with van der Waals surface area (Å²) in [6.45, 7) is 5.54. The molecular weight excluding hydrogens is 505 g/mol. The monoisotopic (exact) mass is 538 g/mol. The largest absolute Gasteiger partial charge is 0.369 e. The van der Waals surface area contributed by atoms with Crippen LogP contribution in [0.25, 0.3) is 11.3 Å². The summed E-state index contributed by atoms with van der Waals surface area (Å²) in [5.41, 5.74) is 1.96. The fourth-order valence-electron chi connectivity index (χ4n) is 5.40. The number of hydrogen-bond donors (Lipinski definition) is 1. The highest BCUT2D eigenvalue weighted by molar-refractivity contribution is 5.91. The zero-order valence-electron chi connectivity index (χ0n) is 22.6. The van der Waals surface area contributed by atoms with Crippen molar-refractivity contribution in [2.24, 2.45) is 0 Å². The third-order valence-electron chi connectivity index (χ3n) is 7.58. The summed E-state index contributed by atoms with van der Waals surface area (Å²) in [7, 11) is 4.13. The standard InChI is InChI=1S/C29H33F3N6O/c1-17(2)38-16-21(39)14-22-23(30)11-18(12-27(22)38)28-25(32)15-33-29(35-28)34-19-5-6-26(24(31)13-19)37-9-7-20(8-10-37)36(3)4/h5-6,11-13,15,17,20H,7-10,14,16H2,1-4H3,(H,33,34,35). The number of carbonyl (C=O) groups excluding carboxylic acids is 1. The van der Waals surface area contributed by atoms with Crippen LogP contribution in [0.5, 0.6) is 0 Å². The molecule has 0 atom stereocenters. The SMILES string of the molecule is CC(C)N1CC(=O)Cc2c(F)cc(-c3nc(Nc4ccc(N5CCC(N(C)C)CC5)c(F)c4)ncc3F)cc21. The average Bonchev–Trinajstić information content (AvgIpc) is 2.90. The Balaban J connectivity index is 1.39. The van der Waals surface area contributed by atoms with Gasteiger partial charge in [-0.25, -0.2) is 23.1 Å². The van der Waals surface area contributed by atoms with E-state index in [1.165, 1.54) is 12.1 Å². The zero-order valence-corrected chi connectivity index (χ0v) is 22.6. The predicted octanol–water partition coefficient (Wildman–Crippen LogP) is 5.17. The van der Waals surface area contributed by atoms with Crippen LogP contribution in [0.2, 0.25) is 0 Å². The number of Topliss-reactive ketones (excluding diaryl/α,β-unsaturated/α-hetero) is 1. The summed E-state index contributed by atoms with van der Waals surface area (Å²) < 4.78 is 45.0. The first-order valence-electron chi connectivity index (χ1n) is 13.2. The van der Waals surface area contributed by atoms with Crippen LogP contribution in [0, 0.1) is 17.5 Å². The molecule has 0 spiro atoms. The van der Waals surface area contributed by atoms with Gasteiger partial charge in [-0.05, 0) is 71.1 Å². The maximum atomic E-state index is 15.1. The fourth-order valence-corrected chi connectivity index (χ4v) is 5.40. The molecule has 0 unspecified atom stereocenters. The lowest BCUT2D eigenvalue weighted by Gasteiger charge is -2.36. The first kappa shape index (κ1) is 26.9. The van der Waals surface area contributed by atoms with Crippen molar-refractivity contribution in [1.82, 2.24) is 14.9 Å². The molecule has 2 aliphatic heterocycles. The van der Waals surface area contributed by atoms with Gasteiger partial charge in [0.25, 0.3) is 0 Å². The number of aromatic nitrogens is 2. The van der Waals surface area contributed by atoms with E-state index in [9.17, 15) is 9.18 Å². The van der Waals surface area contributed by atoms with Gasteiger partial charge in [-0.1, -0.05) is 0 Å². The molecule has 2 aliphatic rings. The zero-order chi connectivity index (χ0) is 27.8. The van der Waals surface area contributed by atoms with Crippen molar-refractivity contribution >= 4 is 28.8 Å². The number of nitrogens with one attached hydrogen (secondary N) is 1. The van der Waals surface area contributed by atoms with Crippen molar-refractivity contribution in [3.63, 3.8) is 0 Å². The van der Waals surface area contributed by atoms with Crippen molar-refractivity contribution in [2.75, 3.05) is 48.8 Å². The van der Waals surface area contributed by atoms with Crippen LogP contribution >= 0.6 is 0 Å². The number of rotatable bonds is 6. The first-order chi connectivity index (χ1) is 18.6. The van der Waals surface area contributed by atoms with Gasteiger partial charge in [-0.2, -0.15) is 0 Å². The highest BCUT2D eigenvalue weighted by Crippen LogP contribution is 2.35. The molecule has 1 N–H and O–H groups in total. The van der Waals surface area contributed by atoms with Crippen LogP contribution in [-0.4, -0.2) is 66.5 Å². The van der Waals surface area contributed by atoms with Gasteiger partial charge in [0.05, 0.1) is 18.4 Å². The van der Waals surface area contributed by atoms with Crippen LogP contribution < -0.4 is 15.1 Å². The average molecular weight is 539 g/mol. The van der Waals surface area contributed by atoms with E-state index in [1.54, 1.807) is 23.1 Å². The van der Waals surface area contributed by atoms with Crippen LogP contribution in [-0.2, 0) is 11.2 Å². The number of anilines is 4. The summed E-state index contributed by atoms with van der Waals surface area (Å²) in [5, 5.41) is 2.94. The van der Waals surface area contributed by atoms with Crippen LogP contribution in [0.15, 0.2) is 36.5 Å². The molecular formula is C29H33F3N6O. The van der Waals surface area contributed by atoms with Gasteiger partial charge in [-0.15, -0.1) is 0 Å². The Labute approximate surface area is 226 Å². The van der Waals surface area contributed by atoms with Crippen LogP contribution in [0.1, 0.15) is 32.3 Å². The van der Waals surface area contributed by atoms with Crippen molar-refractivity contribution in [3.05, 3.63) is 59.5 Å². The number of ketones is 1. The van der Waals surface area contributed by atoms with Crippen LogP contribution in [0.4, 0.5) is 36.2 Å². The maximum absolute atomic E-state index is 15.1. The Morgan fingerprint density at radius 2 is 1.74 bits per heavy atom. The lowest BCUT2D eigenvalue weighted by molar-refractivity contribution is -0.117. The van der Waals surface area contributed by atoms with Gasteiger partial charge in [0, 0.05) is 54.1 Å². The molecule has 5 rings (SSSR count). The maximum Gasteiger partial charge on any atom is 0.227 e. The van der Waals surface area contributed by atoms with E-state index in [1.807, 2.05) is 18.7 Å². The molecule has 1 fully saturated rings. The second-order valence-electron chi connectivity index (χ2n) is 10.8. The third-order valence-corrected chi connectivity index (χ3v) is 7.58. The van der Waals surface area contributed by atoms with Crippen molar-refractivity contribution in [3.8, 4) is 11.3 Å². The summed E-state index contributed by atoms with van der Waals surface area (Å²) in [4.78, 5) is 26.5. The minimum Gasteiger partial charge on any atom is -0.369 e. The lowest BCUT2D eigenvalue weighted by atomic mass is 9.96. The number of piperidine rings is 1. The molecule has 0 saturated carbocycles. The number of benzene rings is 2. The molecule has 1 saturated heterocycles. The quantitative estimate of drug-likeness (QED) is 0.464. The van der Waals surface area contributed by atoms with E-state index in [2.05, 4.69) is 34.3 Å².